The number of carboxylic acids is 1. The van der Waals surface area contributed by atoms with Gasteiger partial charge in [-0.25, -0.2) is 4.79 Å². The van der Waals surface area contributed by atoms with E-state index in [0.717, 1.165) is 28.2 Å². The lowest BCUT2D eigenvalue weighted by Crippen LogP contribution is -2.02. The smallest absolute Gasteiger partial charge is 0.335 e. The molecule has 0 spiro atoms. The molecule has 14 heavy (non-hydrogen) atoms. The molecule has 0 amide bonds. The molecule has 4 heteroatoms. The highest BCUT2D eigenvalue weighted by Gasteiger charge is 2.09. The number of rotatable bonds is 4. The highest BCUT2D eigenvalue weighted by Crippen LogP contribution is 2.18. The van der Waals surface area contributed by atoms with Crippen molar-refractivity contribution in [2.24, 2.45) is 0 Å². The molecule has 0 aliphatic heterocycles. The summed E-state index contributed by atoms with van der Waals surface area (Å²) in [7, 11) is 0. The third kappa shape index (κ3) is 3.10. The van der Waals surface area contributed by atoms with E-state index in [1.165, 1.54) is 0 Å². The van der Waals surface area contributed by atoms with E-state index in [2.05, 4.69) is 31.9 Å². The normalized spacial score (nSPS) is 10.1. The standard InChI is InChI=1S/C10H10Br2O2/c11-5-1-2-7-6-8(12)3-4-9(7)10(13)14/h3-4,6H,1-2,5H2,(H,13,14). The molecular weight excluding hydrogens is 312 g/mol. The minimum atomic E-state index is -0.859. The van der Waals surface area contributed by atoms with Gasteiger partial charge in [-0.05, 0) is 36.6 Å². The van der Waals surface area contributed by atoms with Gasteiger partial charge in [-0.2, -0.15) is 0 Å². The first-order valence-electron chi connectivity index (χ1n) is 4.23. The lowest BCUT2D eigenvalue weighted by molar-refractivity contribution is 0.0695. The van der Waals surface area contributed by atoms with E-state index in [0.29, 0.717) is 5.56 Å². The van der Waals surface area contributed by atoms with Crippen LogP contribution >= 0.6 is 31.9 Å². The summed E-state index contributed by atoms with van der Waals surface area (Å²) in [5.74, 6) is -0.859. The van der Waals surface area contributed by atoms with Crippen LogP contribution < -0.4 is 0 Å². The topological polar surface area (TPSA) is 37.3 Å². The van der Waals surface area contributed by atoms with Crippen molar-refractivity contribution in [3.8, 4) is 0 Å². The SMILES string of the molecule is O=C(O)c1ccc(Br)cc1CCCBr. The largest absolute Gasteiger partial charge is 0.478 e. The second kappa shape index (κ2) is 5.51. The molecule has 1 aromatic rings. The summed E-state index contributed by atoms with van der Waals surface area (Å²) in [6.07, 6.45) is 1.73. The van der Waals surface area contributed by atoms with Crippen molar-refractivity contribution >= 4 is 37.8 Å². The molecule has 0 unspecified atom stereocenters. The van der Waals surface area contributed by atoms with E-state index in [4.69, 9.17) is 5.11 Å². The Morgan fingerprint density at radius 3 is 2.71 bits per heavy atom. The number of benzene rings is 1. The second-order valence-corrected chi connectivity index (χ2v) is 4.61. The van der Waals surface area contributed by atoms with Crippen LogP contribution in [0.1, 0.15) is 22.3 Å². The van der Waals surface area contributed by atoms with E-state index in [1.807, 2.05) is 6.07 Å². The lowest BCUT2D eigenvalue weighted by atomic mass is 10.0. The maximum Gasteiger partial charge on any atom is 0.335 e. The van der Waals surface area contributed by atoms with Gasteiger partial charge in [0.1, 0.15) is 0 Å². The minimum absolute atomic E-state index is 0.397. The zero-order valence-electron chi connectivity index (χ0n) is 7.46. The Kier molecular flexibility index (Phi) is 4.62. The van der Waals surface area contributed by atoms with Crippen LogP contribution in [0, 0.1) is 0 Å². The molecular formula is C10H10Br2O2. The van der Waals surface area contributed by atoms with Gasteiger partial charge in [-0.15, -0.1) is 0 Å². The van der Waals surface area contributed by atoms with E-state index >= 15 is 0 Å². The van der Waals surface area contributed by atoms with Crippen molar-refractivity contribution in [3.63, 3.8) is 0 Å². The number of aryl methyl sites for hydroxylation is 1. The Labute approximate surface area is 99.6 Å². The van der Waals surface area contributed by atoms with Gasteiger partial charge in [0.2, 0.25) is 0 Å². The Balaban J connectivity index is 2.97. The number of halogens is 2. The summed E-state index contributed by atoms with van der Waals surface area (Å²) in [5.41, 5.74) is 1.28. The van der Waals surface area contributed by atoms with Gasteiger partial charge in [0.05, 0.1) is 5.56 Å². The average molecular weight is 322 g/mol. The molecule has 2 nitrogen and oxygen atoms in total. The van der Waals surface area contributed by atoms with Gasteiger partial charge in [-0.3, -0.25) is 0 Å². The summed E-state index contributed by atoms with van der Waals surface area (Å²) < 4.78 is 0.923. The molecule has 1 N–H and O–H groups in total. The van der Waals surface area contributed by atoms with Crippen LogP contribution in [0.25, 0.3) is 0 Å². The molecule has 0 saturated heterocycles. The van der Waals surface area contributed by atoms with Crippen molar-refractivity contribution in [2.75, 3.05) is 5.33 Å². The number of carbonyl (C=O) groups is 1. The van der Waals surface area contributed by atoms with Crippen LogP contribution in [0.3, 0.4) is 0 Å². The molecule has 1 aromatic carbocycles. The first kappa shape index (κ1) is 11.7. The molecule has 1 rings (SSSR count). The van der Waals surface area contributed by atoms with Gasteiger partial charge < -0.3 is 5.11 Å². The fourth-order valence-corrected chi connectivity index (χ4v) is 1.92. The maximum atomic E-state index is 10.9. The highest BCUT2D eigenvalue weighted by atomic mass is 79.9. The van der Waals surface area contributed by atoms with Gasteiger partial charge in [0, 0.05) is 9.80 Å². The number of carboxylic acid groups (broad SMARTS) is 1. The third-order valence-electron chi connectivity index (χ3n) is 1.88. The third-order valence-corrected chi connectivity index (χ3v) is 2.93. The number of alkyl halides is 1. The summed E-state index contributed by atoms with van der Waals surface area (Å²) >= 11 is 6.66. The fourth-order valence-electron chi connectivity index (χ4n) is 1.24. The van der Waals surface area contributed by atoms with Crippen LogP contribution in [0.15, 0.2) is 22.7 Å². The Bertz CT molecular complexity index is 337. The Hall–Kier alpha value is -0.350. The molecule has 0 heterocycles. The van der Waals surface area contributed by atoms with Crippen LogP contribution in [-0.2, 0) is 6.42 Å². The molecule has 0 saturated carbocycles. The van der Waals surface area contributed by atoms with Crippen LogP contribution in [0.2, 0.25) is 0 Å². The van der Waals surface area contributed by atoms with Crippen LogP contribution in [0.4, 0.5) is 0 Å². The van der Waals surface area contributed by atoms with Crippen LogP contribution in [0.5, 0.6) is 0 Å². The molecule has 0 fully saturated rings. The summed E-state index contributed by atoms with van der Waals surface area (Å²) in [4.78, 5) is 10.9. The summed E-state index contributed by atoms with van der Waals surface area (Å²) in [5, 5.41) is 9.82. The van der Waals surface area contributed by atoms with Crippen molar-refractivity contribution in [2.45, 2.75) is 12.8 Å². The molecule has 0 atom stereocenters. The van der Waals surface area contributed by atoms with E-state index in [1.54, 1.807) is 12.1 Å². The monoisotopic (exact) mass is 320 g/mol. The number of hydrogen-bond donors (Lipinski definition) is 1. The van der Waals surface area contributed by atoms with E-state index in [-0.39, 0.29) is 0 Å². The molecule has 0 radical (unpaired) electrons. The number of hydrogen-bond acceptors (Lipinski definition) is 1. The zero-order valence-corrected chi connectivity index (χ0v) is 10.6. The molecule has 0 aromatic heterocycles. The number of aromatic carboxylic acids is 1. The molecule has 76 valence electrons. The first-order valence-corrected chi connectivity index (χ1v) is 6.14. The Morgan fingerprint density at radius 2 is 2.14 bits per heavy atom. The van der Waals surface area contributed by atoms with Crippen molar-refractivity contribution < 1.29 is 9.90 Å². The molecule has 0 aliphatic carbocycles. The van der Waals surface area contributed by atoms with Gasteiger partial charge in [0.15, 0.2) is 0 Å². The van der Waals surface area contributed by atoms with Crippen molar-refractivity contribution in [3.05, 3.63) is 33.8 Å². The lowest BCUT2D eigenvalue weighted by Gasteiger charge is -2.05. The molecule has 0 bridgehead atoms. The predicted molar refractivity (Wildman–Crippen MR) is 63.2 cm³/mol. The summed E-state index contributed by atoms with van der Waals surface area (Å²) in [6.45, 7) is 0. The van der Waals surface area contributed by atoms with Gasteiger partial charge in [0.25, 0.3) is 0 Å². The van der Waals surface area contributed by atoms with Crippen molar-refractivity contribution in [1.29, 1.82) is 0 Å². The van der Waals surface area contributed by atoms with E-state index < -0.39 is 5.97 Å². The van der Waals surface area contributed by atoms with Crippen molar-refractivity contribution in [1.82, 2.24) is 0 Å². The second-order valence-electron chi connectivity index (χ2n) is 2.90. The quantitative estimate of drug-likeness (QED) is 0.862. The summed E-state index contributed by atoms with van der Waals surface area (Å²) in [6, 6.07) is 5.25. The highest BCUT2D eigenvalue weighted by molar-refractivity contribution is 9.10. The average Bonchev–Trinajstić information content (AvgIpc) is 2.14. The maximum absolute atomic E-state index is 10.9. The van der Waals surface area contributed by atoms with Crippen LogP contribution in [-0.4, -0.2) is 16.4 Å². The van der Waals surface area contributed by atoms with E-state index in [9.17, 15) is 4.79 Å². The predicted octanol–water partition coefficient (Wildman–Crippen LogP) is 3.47. The molecule has 0 aliphatic rings. The fraction of sp³-hybridized carbons (Fsp3) is 0.300. The van der Waals surface area contributed by atoms with Gasteiger partial charge in [-0.1, -0.05) is 31.9 Å². The Morgan fingerprint density at radius 1 is 1.43 bits per heavy atom. The zero-order chi connectivity index (χ0) is 10.6. The minimum Gasteiger partial charge on any atom is -0.478 e. The van der Waals surface area contributed by atoms with Gasteiger partial charge >= 0.3 is 5.97 Å². The first-order chi connectivity index (χ1) is 6.65.